The van der Waals surface area contributed by atoms with Gasteiger partial charge < -0.3 is 14.6 Å². The van der Waals surface area contributed by atoms with Gasteiger partial charge >= 0.3 is 5.97 Å². The van der Waals surface area contributed by atoms with Gasteiger partial charge in [0.2, 0.25) is 0 Å². The number of nitrogens with zero attached hydrogens (tertiary/aromatic N) is 3. The van der Waals surface area contributed by atoms with Crippen LogP contribution in [0.5, 0.6) is 0 Å². The average molecular weight is 541 g/mol. The molecule has 1 aliphatic rings. The third-order valence-electron chi connectivity index (χ3n) is 7.52. The van der Waals surface area contributed by atoms with E-state index in [1.54, 1.807) is 6.07 Å². The number of benzene rings is 3. The van der Waals surface area contributed by atoms with E-state index < -0.39 is 5.41 Å². The highest BCUT2D eigenvalue weighted by atomic mass is 16.5. The van der Waals surface area contributed by atoms with Crippen LogP contribution in [0, 0.1) is 18.3 Å². The molecule has 2 heterocycles. The average Bonchev–Trinajstić information content (AvgIpc) is 3.76. The summed E-state index contributed by atoms with van der Waals surface area (Å²) in [5.74, 6) is 1.10. The summed E-state index contributed by atoms with van der Waals surface area (Å²) in [7, 11) is 0. The Morgan fingerprint density at radius 3 is 2.32 bits per heavy atom. The van der Waals surface area contributed by atoms with E-state index in [0.717, 1.165) is 46.3 Å². The topological polar surface area (TPSA) is 101 Å². The van der Waals surface area contributed by atoms with Gasteiger partial charge in [-0.15, -0.1) is 0 Å². The Morgan fingerprint density at radius 1 is 0.951 bits per heavy atom. The quantitative estimate of drug-likeness (QED) is 0.202. The zero-order valence-electron chi connectivity index (χ0n) is 22.8. The van der Waals surface area contributed by atoms with Crippen LogP contribution in [0.15, 0.2) is 95.5 Å². The lowest BCUT2D eigenvalue weighted by atomic mass is 9.93. The van der Waals surface area contributed by atoms with Gasteiger partial charge in [-0.25, -0.2) is 4.98 Å². The lowest BCUT2D eigenvalue weighted by Crippen LogP contribution is -2.23. The molecule has 0 saturated heterocycles. The Kier molecular flexibility index (Phi) is 6.82. The van der Waals surface area contributed by atoms with Crippen LogP contribution in [0.4, 0.5) is 11.5 Å². The SMILES string of the molecule is CCOC(=O)C1(c2ccc(-c3ccc(-c4onc(C)c4Nc4cccc(-c5ccccc5C#N)n4)cc3)cc2)CC1. The Labute approximate surface area is 238 Å². The molecule has 1 saturated carbocycles. The molecular weight excluding hydrogens is 512 g/mol. The van der Waals surface area contributed by atoms with Crippen LogP contribution in [0.2, 0.25) is 0 Å². The normalized spacial score (nSPS) is 13.3. The van der Waals surface area contributed by atoms with E-state index >= 15 is 0 Å². The van der Waals surface area contributed by atoms with E-state index in [0.29, 0.717) is 35.1 Å². The monoisotopic (exact) mass is 540 g/mol. The maximum absolute atomic E-state index is 12.5. The number of nitriles is 1. The minimum absolute atomic E-state index is 0.127. The van der Waals surface area contributed by atoms with Crippen LogP contribution in [-0.2, 0) is 14.9 Å². The molecule has 0 radical (unpaired) electrons. The predicted octanol–water partition coefficient (Wildman–Crippen LogP) is 7.59. The van der Waals surface area contributed by atoms with Crippen molar-refractivity contribution in [3.8, 4) is 39.8 Å². The molecule has 6 rings (SSSR count). The second-order valence-electron chi connectivity index (χ2n) is 10.1. The molecule has 0 bridgehead atoms. The van der Waals surface area contributed by atoms with Gasteiger partial charge in [0.05, 0.1) is 29.3 Å². The van der Waals surface area contributed by atoms with Crippen molar-refractivity contribution < 1.29 is 14.1 Å². The first-order chi connectivity index (χ1) is 20.0. The summed E-state index contributed by atoms with van der Waals surface area (Å²) in [5.41, 5.74) is 7.01. The molecule has 2 aromatic heterocycles. The summed E-state index contributed by atoms with van der Waals surface area (Å²) in [5, 5.41) is 17.1. The van der Waals surface area contributed by atoms with Gasteiger partial charge in [0.1, 0.15) is 17.2 Å². The van der Waals surface area contributed by atoms with Crippen molar-refractivity contribution in [2.45, 2.75) is 32.1 Å². The third kappa shape index (κ3) is 4.96. The van der Waals surface area contributed by atoms with Gasteiger partial charge in [-0.2, -0.15) is 5.26 Å². The number of anilines is 2. The molecule has 0 atom stereocenters. The first-order valence-corrected chi connectivity index (χ1v) is 13.6. The van der Waals surface area contributed by atoms with Gasteiger partial charge in [-0.3, -0.25) is 4.79 Å². The number of carbonyl (C=O) groups excluding carboxylic acids is 1. The molecule has 202 valence electrons. The van der Waals surface area contributed by atoms with Crippen molar-refractivity contribution in [2.75, 3.05) is 11.9 Å². The van der Waals surface area contributed by atoms with E-state index in [-0.39, 0.29) is 5.97 Å². The molecule has 0 unspecified atom stereocenters. The lowest BCUT2D eigenvalue weighted by Gasteiger charge is -2.14. The molecule has 7 heteroatoms. The fourth-order valence-electron chi connectivity index (χ4n) is 5.10. The van der Waals surface area contributed by atoms with Crippen LogP contribution in [0.3, 0.4) is 0 Å². The van der Waals surface area contributed by atoms with Crippen molar-refractivity contribution in [3.05, 3.63) is 108 Å². The second-order valence-corrected chi connectivity index (χ2v) is 10.1. The molecule has 5 aromatic rings. The summed E-state index contributed by atoms with van der Waals surface area (Å²) in [6.45, 7) is 4.11. The molecule has 1 N–H and O–H groups in total. The summed E-state index contributed by atoms with van der Waals surface area (Å²) < 4.78 is 11.0. The molecular formula is C34H28N4O3. The highest BCUT2D eigenvalue weighted by Gasteiger charge is 2.52. The van der Waals surface area contributed by atoms with Gasteiger partial charge in [0.25, 0.3) is 0 Å². The summed E-state index contributed by atoms with van der Waals surface area (Å²) in [6, 6.07) is 31.6. The molecule has 1 aliphatic carbocycles. The minimum Gasteiger partial charge on any atom is -0.465 e. The minimum atomic E-state index is -0.473. The van der Waals surface area contributed by atoms with E-state index in [4.69, 9.17) is 14.2 Å². The highest BCUT2D eigenvalue weighted by Crippen LogP contribution is 2.49. The number of ether oxygens (including phenoxy) is 1. The Bertz CT molecular complexity index is 1760. The van der Waals surface area contributed by atoms with E-state index in [9.17, 15) is 10.1 Å². The van der Waals surface area contributed by atoms with Gasteiger partial charge in [-0.1, -0.05) is 78.0 Å². The first kappa shape index (κ1) is 26.0. The summed E-state index contributed by atoms with van der Waals surface area (Å²) in [6.07, 6.45) is 1.67. The third-order valence-corrected chi connectivity index (χ3v) is 7.52. The number of carbonyl (C=O) groups is 1. The number of aryl methyl sites for hydroxylation is 1. The number of rotatable bonds is 8. The van der Waals surface area contributed by atoms with Crippen LogP contribution in [0.25, 0.3) is 33.7 Å². The van der Waals surface area contributed by atoms with E-state index in [1.165, 1.54) is 0 Å². The zero-order chi connectivity index (χ0) is 28.4. The fourth-order valence-corrected chi connectivity index (χ4v) is 5.10. The molecule has 3 aromatic carbocycles. The van der Waals surface area contributed by atoms with E-state index in [1.807, 2.05) is 86.6 Å². The van der Waals surface area contributed by atoms with Gasteiger partial charge in [0.15, 0.2) is 5.76 Å². The van der Waals surface area contributed by atoms with Gasteiger partial charge in [-0.05, 0) is 61.6 Å². The van der Waals surface area contributed by atoms with Crippen LogP contribution < -0.4 is 5.32 Å². The maximum atomic E-state index is 12.5. The summed E-state index contributed by atoms with van der Waals surface area (Å²) >= 11 is 0. The largest absolute Gasteiger partial charge is 0.465 e. The van der Waals surface area contributed by atoms with Gasteiger partial charge in [0, 0.05) is 11.1 Å². The molecule has 0 spiro atoms. The van der Waals surface area contributed by atoms with Crippen molar-refractivity contribution >= 4 is 17.5 Å². The molecule has 41 heavy (non-hydrogen) atoms. The van der Waals surface area contributed by atoms with E-state index in [2.05, 4.69) is 28.7 Å². The first-order valence-electron chi connectivity index (χ1n) is 13.6. The standard InChI is InChI=1S/C34H28N4O3/c1-3-40-33(39)34(19-20-34)27-17-15-24(16-18-27)23-11-13-25(14-12-23)32-31(22(2)38-41-32)37-30-10-6-9-29(36-30)28-8-5-4-7-26(28)21-35/h4-18H,3,19-20H2,1-2H3,(H,36,37). The molecule has 1 fully saturated rings. The van der Waals surface area contributed by atoms with Crippen molar-refractivity contribution in [3.63, 3.8) is 0 Å². The van der Waals surface area contributed by atoms with Crippen LogP contribution in [0.1, 0.15) is 36.6 Å². The number of hydrogen-bond acceptors (Lipinski definition) is 7. The number of nitrogens with one attached hydrogen (secondary N) is 1. The predicted molar refractivity (Wildman–Crippen MR) is 157 cm³/mol. The van der Waals surface area contributed by atoms with Crippen molar-refractivity contribution in [2.24, 2.45) is 0 Å². The van der Waals surface area contributed by atoms with Crippen molar-refractivity contribution in [1.82, 2.24) is 10.1 Å². The van der Waals surface area contributed by atoms with Crippen LogP contribution in [-0.4, -0.2) is 22.7 Å². The molecule has 7 nitrogen and oxygen atoms in total. The zero-order valence-corrected chi connectivity index (χ0v) is 22.8. The van der Waals surface area contributed by atoms with Crippen molar-refractivity contribution in [1.29, 1.82) is 5.26 Å². The molecule has 0 aliphatic heterocycles. The lowest BCUT2D eigenvalue weighted by molar-refractivity contribution is -0.146. The molecule has 0 amide bonds. The number of esters is 1. The summed E-state index contributed by atoms with van der Waals surface area (Å²) in [4.78, 5) is 17.2. The Balaban J connectivity index is 1.23. The Morgan fingerprint density at radius 2 is 1.63 bits per heavy atom. The van der Waals surface area contributed by atoms with Crippen LogP contribution >= 0.6 is 0 Å². The second kappa shape index (κ2) is 10.7. The maximum Gasteiger partial charge on any atom is 0.316 e. The Hall–Kier alpha value is -5.22. The smallest absolute Gasteiger partial charge is 0.316 e. The number of aromatic nitrogens is 2. The number of hydrogen-bond donors (Lipinski definition) is 1. The number of pyridine rings is 1. The highest BCUT2D eigenvalue weighted by molar-refractivity contribution is 5.87. The fraction of sp³-hybridized carbons (Fsp3) is 0.176.